The fraction of sp³-hybridized carbons (Fsp3) is 1.00. The lowest BCUT2D eigenvalue weighted by molar-refractivity contribution is 0.280. The molecule has 1 fully saturated rings. The average molecular weight is 291 g/mol. The van der Waals surface area contributed by atoms with Crippen molar-refractivity contribution in [2.75, 3.05) is 13.6 Å². The van der Waals surface area contributed by atoms with Gasteiger partial charge in [0.2, 0.25) is 0 Å². The van der Waals surface area contributed by atoms with E-state index >= 15 is 0 Å². The van der Waals surface area contributed by atoms with Gasteiger partial charge in [-0.2, -0.15) is 17.4 Å². The Kier molecular flexibility index (Phi) is 6.73. The summed E-state index contributed by atoms with van der Waals surface area (Å²) in [6.45, 7) is 4.49. The van der Waals surface area contributed by atoms with Gasteiger partial charge in [0.05, 0.1) is 0 Å². The Bertz CT molecular complexity index is 351. The maximum atomic E-state index is 12.3. The molecule has 1 atom stereocenters. The van der Waals surface area contributed by atoms with E-state index in [1.54, 1.807) is 7.05 Å². The normalized spacial score (nSPS) is 20.1. The zero-order chi connectivity index (χ0) is 14.5. The molecule has 1 aliphatic rings. The van der Waals surface area contributed by atoms with Crippen molar-refractivity contribution in [1.82, 2.24) is 9.03 Å². The standard InChI is InChI=1S/C13H29N3O2S/c1-11(2)9-12(10-14)15-19(17,18)16(3)13-7-5-4-6-8-13/h11-13,15H,4-10,14H2,1-3H3/t12-/m1/s1. The van der Waals surface area contributed by atoms with E-state index in [1.807, 2.05) is 0 Å². The molecule has 0 radical (unpaired) electrons. The molecule has 0 saturated heterocycles. The molecular formula is C13H29N3O2S. The summed E-state index contributed by atoms with van der Waals surface area (Å²) in [6, 6.07) is -0.0280. The zero-order valence-corrected chi connectivity index (χ0v) is 13.2. The van der Waals surface area contributed by atoms with Crippen LogP contribution in [0.4, 0.5) is 0 Å². The molecule has 1 saturated carbocycles. The lowest BCUT2D eigenvalue weighted by Gasteiger charge is -2.32. The predicted molar refractivity (Wildman–Crippen MR) is 79.0 cm³/mol. The number of hydrogen-bond acceptors (Lipinski definition) is 3. The maximum Gasteiger partial charge on any atom is 0.279 e. The molecule has 1 rings (SSSR count). The highest BCUT2D eigenvalue weighted by Gasteiger charge is 2.29. The van der Waals surface area contributed by atoms with Crippen molar-refractivity contribution >= 4 is 10.2 Å². The van der Waals surface area contributed by atoms with Gasteiger partial charge >= 0.3 is 0 Å². The molecule has 0 aliphatic heterocycles. The van der Waals surface area contributed by atoms with Crippen molar-refractivity contribution in [2.24, 2.45) is 11.7 Å². The van der Waals surface area contributed by atoms with Gasteiger partial charge in [0.1, 0.15) is 0 Å². The molecule has 3 N–H and O–H groups in total. The Morgan fingerprint density at radius 3 is 2.32 bits per heavy atom. The van der Waals surface area contributed by atoms with E-state index in [0.29, 0.717) is 12.5 Å². The summed E-state index contributed by atoms with van der Waals surface area (Å²) in [5.74, 6) is 0.427. The average Bonchev–Trinajstić information content (AvgIpc) is 2.37. The molecule has 0 amide bonds. The molecule has 0 spiro atoms. The number of nitrogens with zero attached hydrogens (tertiary/aromatic N) is 1. The third-order valence-electron chi connectivity index (χ3n) is 3.82. The van der Waals surface area contributed by atoms with Gasteiger partial charge in [-0.05, 0) is 25.2 Å². The fourth-order valence-electron chi connectivity index (χ4n) is 2.70. The van der Waals surface area contributed by atoms with E-state index in [9.17, 15) is 8.42 Å². The SMILES string of the molecule is CC(C)C[C@H](CN)NS(=O)(=O)N(C)C1CCCCC1. The van der Waals surface area contributed by atoms with Crippen molar-refractivity contribution in [3.63, 3.8) is 0 Å². The Hall–Kier alpha value is -0.170. The van der Waals surface area contributed by atoms with E-state index < -0.39 is 10.2 Å². The third kappa shape index (κ3) is 5.38. The quantitative estimate of drug-likeness (QED) is 0.745. The molecule has 0 aromatic heterocycles. The van der Waals surface area contributed by atoms with Gasteiger partial charge in [-0.3, -0.25) is 0 Å². The summed E-state index contributed by atoms with van der Waals surface area (Å²) in [7, 11) is -1.73. The van der Waals surface area contributed by atoms with Gasteiger partial charge in [-0.15, -0.1) is 0 Å². The lowest BCUT2D eigenvalue weighted by Crippen LogP contribution is -2.50. The first-order chi connectivity index (χ1) is 8.86. The summed E-state index contributed by atoms with van der Waals surface area (Å²) in [5.41, 5.74) is 5.66. The molecule has 0 aromatic carbocycles. The number of nitrogens with one attached hydrogen (secondary N) is 1. The van der Waals surface area contributed by atoms with Gasteiger partial charge in [0.25, 0.3) is 10.2 Å². The Labute approximate surface area is 118 Å². The van der Waals surface area contributed by atoms with Crippen molar-refractivity contribution in [3.05, 3.63) is 0 Å². The van der Waals surface area contributed by atoms with Crippen molar-refractivity contribution in [3.8, 4) is 0 Å². The largest absolute Gasteiger partial charge is 0.329 e. The first-order valence-corrected chi connectivity index (χ1v) is 8.76. The molecular weight excluding hydrogens is 262 g/mol. The third-order valence-corrected chi connectivity index (χ3v) is 5.51. The predicted octanol–water partition coefficient (Wildman–Crippen LogP) is 1.46. The second kappa shape index (κ2) is 7.57. The van der Waals surface area contributed by atoms with E-state index in [0.717, 1.165) is 32.1 Å². The Morgan fingerprint density at radius 2 is 1.84 bits per heavy atom. The minimum atomic E-state index is -3.41. The zero-order valence-electron chi connectivity index (χ0n) is 12.4. The molecule has 114 valence electrons. The summed E-state index contributed by atoms with van der Waals surface area (Å²) in [6.07, 6.45) is 6.17. The Balaban J connectivity index is 2.62. The Morgan fingerprint density at radius 1 is 1.26 bits per heavy atom. The van der Waals surface area contributed by atoms with Gasteiger partial charge in [-0.25, -0.2) is 0 Å². The van der Waals surface area contributed by atoms with Crippen LogP contribution in [-0.4, -0.2) is 38.4 Å². The molecule has 0 bridgehead atoms. The summed E-state index contributed by atoms with van der Waals surface area (Å²) >= 11 is 0. The van der Waals surface area contributed by atoms with Crippen LogP contribution in [0.25, 0.3) is 0 Å². The topological polar surface area (TPSA) is 75.4 Å². The number of nitrogens with two attached hydrogens (primary N) is 1. The number of hydrogen-bond donors (Lipinski definition) is 2. The van der Waals surface area contributed by atoms with Crippen LogP contribution in [0.15, 0.2) is 0 Å². The molecule has 0 heterocycles. The van der Waals surface area contributed by atoms with E-state index in [4.69, 9.17) is 5.73 Å². The van der Waals surface area contributed by atoms with Crippen LogP contribution in [-0.2, 0) is 10.2 Å². The second-order valence-corrected chi connectivity index (χ2v) is 7.75. The van der Waals surface area contributed by atoms with Crippen LogP contribution in [0.2, 0.25) is 0 Å². The first kappa shape index (κ1) is 16.9. The highest BCUT2D eigenvalue weighted by atomic mass is 32.2. The van der Waals surface area contributed by atoms with Crippen LogP contribution in [0, 0.1) is 5.92 Å². The summed E-state index contributed by atoms with van der Waals surface area (Å²) < 4.78 is 28.9. The molecule has 1 aliphatic carbocycles. The van der Waals surface area contributed by atoms with Gasteiger partial charge in [0.15, 0.2) is 0 Å². The van der Waals surface area contributed by atoms with E-state index in [-0.39, 0.29) is 12.1 Å². The summed E-state index contributed by atoms with van der Waals surface area (Å²) in [5, 5.41) is 0. The first-order valence-electron chi connectivity index (χ1n) is 7.32. The van der Waals surface area contributed by atoms with Crippen molar-refractivity contribution in [1.29, 1.82) is 0 Å². The smallest absolute Gasteiger partial charge is 0.279 e. The van der Waals surface area contributed by atoms with Crippen LogP contribution >= 0.6 is 0 Å². The molecule has 19 heavy (non-hydrogen) atoms. The minimum absolute atomic E-state index is 0.142. The van der Waals surface area contributed by atoms with Crippen molar-refractivity contribution in [2.45, 2.75) is 64.5 Å². The molecule has 0 aromatic rings. The van der Waals surface area contributed by atoms with Crippen molar-refractivity contribution < 1.29 is 8.42 Å². The van der Waals surface area contributed by atoms with Gasteiger partial charge < -0.3 is 5.73 Å². The molecule has 5 nitrogen and oxygen atoms in total. The maximum absolute atomic E-state index is 12.3. The molecule has 0 unspecified atom stereocenters. The highest BCUT2D eigenvalue weighted by molar-refractivity contribution is 7.87. The van der Waals surface area contributed by atoms with Crippen LogP contribution < -0.4 is 10.5 Å². The van der Waals surface area contributed by atoms with E-state index in [2.05, 4.69) is 18.6 Å². The number of rotatable bonds is 7. The van der Waals surface area contributed by atoms with Gasteiger partial charge in [-0.1, -0.05) is 33.1 Å². The van der Waals surface area contributed by atoms with Gasteiger partial charge in [0, 0.05) is 25.7 Å². The summed E-state index contributed by atoms with van der Waals surface area (Å²) in [4.78, 5) is 0. The molecule has 6 heteroatoms. The highest BCUT2D eigenvalue weighted by Crippen LogP contribution is 2.23. The van der Waals surface area contributed by atoms with E-state index in [1.165, 1.54) is 10.7 Å². The monoisotopic (exact) mass is 291 g/mol. The van der Waals surface area contributed by atoms with Crippen LogP contribution in [0.1, 0.15) is 52.4 Å². The minimum Gasteiger partial charge on any atom is -0.329 e. The second-order valence-electron chi connectivity index (χ2n) is 5.99. The lowest BCUT2D eigenvalue weighted by atomic mass is 9.96. The van der Waals surface area contributed by atoms with Crippen LogP contribution in [0.5, 0.6) is 0 Å². The fourth-order valence-corrected chi connectivity index (χ4v) is 4.08. The van der Waals surface area contributed by atoms with Crippen LogP contribution in [0.3, 0.4) is 0 Å².